The molecule has 25 heavy (non-hydrogen) atoms. The highest BCUT2D eigenvalue weighted by atomic mass is 35.5. The molecule has 2 N–H and O–H groups in total. The Bertz CT molecular complexity index is 658. The summed E-state index contributed by atoms with van der Waals surface area (Å²) in [7, 11) is 0. The van der Waals surface area contributed by atoms with Gasteiger partial charge in [0.05, 0.1) is 6.04 Å². The van der Waals surface area contributed by atoms with Gasteiger partial charge in [-0.15, -0.1) is 12.4 Å². The Morgan fingerprint density at radius 2 is 1.84 bits per heavy atom. The maximum absolute atomic E-state index is 12.2. The zero-order chi connectivity index (χ0) is 16.6. The van der Waals surface area contributed by atoms with Crippen molar-refractivity contribution in [1.29, 1.82) is 0 Å². The van der Waals surface area contributed by atoms with Gasteiger partial charge in [-0.05, 0) is 31.0 Å². The number of ether oxygens (including phenoxy) is 1. The molecule has 1 atom stereocenters. The Morgan fingerprint density at radius 3 is 2.60 bits per heavy atom. The summed E-state index contributed by atoms with van der Waals surface area (Å²) in [6.07, 6.45) is 3.18. The molecule has 0 saturated carbocycles. The lowest BCUT2D eigenvalue weighted by atomic mass is 10.0. The lowest BCUT2D eigenvalue weighted by Gasteiger charge is -2.22. The predicted octanol–water partition coefficient (Wildman–Crippen LogP) is 3.45. The molecule has 0 unspecified atom stereocenters. The third kappa shape index (κ3) is 5.76. The molecule has 134 valence electrons. The molecule has 0 aliphatic carbocycles. The third-order valence-electron chi connectivity index (χ3n) is 4.29. The fraction of sp³-hybridized carbons (Fsp3) is 0.350. The van der Waals surface area contributed by atoms with E-state index in [-0.39, 0.29) is 24.4 Å². The second-order valence-electron chi connectivity index (χ2n) is 6.10. The Balaban J connectivity index is 0.00000225. The van der Waals surface area contributed by atoms with Crippen LogP contribution in [0, 0.1) is 0 Å². The van der Waals surface area contributed by atoms with Crippen LogP contribution >= 0.6 is 12.4 Å². The van der Waals surface area contributed by atoms with Crippen LogP contribution in [0.4, 0.5) is 0 Å². The van der Waals surface area contributed by atoms with Gasteiger partial charge in [-0.3, -0.25) is 4.79 Å². The van der Waals surface area contributed by atoms with E-state index in [0.29, 0.717) is 13.2 Å². The highest BCUT2D eigenvalue weighted by molar-refractivity contribution is 5.85. The number of nitrogens with one attached hydrogen (secondary N) is 2. The number of carbonyl (C=O) groups is 1. The average Bonchev–Trinajstić information content (AvgIpc) is 2.66. The minimum atomic E-state index is -0.0591. The quantitative estimate of drug-likeness (QED) is 0.829. The van der Waals surface area contributed by atoms with Gasteiger partial charge in [0, 0.05) is 12.1 Å². The SMILES string of the molecule is Cl.O=C(NCc1ccccc1OCc1ccccc1)[C@H]1CCCCN1. The predicted molar refractivity (Wildman–Crippen MR) is 102 cm³/mol. The van der Waals surface area contributed by atoms with Gasteiger partial charge in [-0.25, -0.2) is 0 Å². The number of benzene rings is 2. The number of hydrogen-bond acceptors (Lipinski definition) is 3. The minimum Gasteiger partial charge on any atom is -0.489 e. The van der Waals surface area contributed by atoms with Crippen molar-refractivity contribution in [3.63, 3.8) is 0 Å². The highest BCUT2D eigenvalue weighted by Gasteiger charge is 2.20. The zero-order valence-corrected chi connectivity index (χ0v) is 15.1. The van der Waals surface area contributed by atoms with Crippen molar-refractivity contribution in [2.24, 2.45) is 0 Å². The molecule has 1 heterocycles. The van der Waals surface area contributed by atoms with E-state index in [1.807, 2.05) is 54.6 Å². The first-order chi connectivity index (χ1) is 11.8. The second kappa shape index (κ2) is 10.1. The van der Waals surface area contributed by atoms with Gasteiger partial charge >= 0.3 is 0 Å². The molecule has 0 spiro atoms. The third-order valence-corrected chi connectivity index (χ3v) is 4.29. The van der Waals surface area contributed by atoms with Crippen LogP contribution in [-0.2, 0) is 17.9 Å². The highest BCUT2D eigenvalue weighted by Crippen LogP contribution is 2.19. The average molecular weight is 361 g/mol. The molecule has 1 saturated heterocycles. The van der Waals surface area contributed by atoms with E-state index in [4.69, 9.17) is 4.74 Å². The summed E-state index contributed by atoms with van der Waals surface area (Å²) >= 11 is 0. The Hall–Kier alpha value is -2.04. The molecular formula is C20H25ClN2O2. The summed E-state index contributed by atoms with van der Waals surface area (Å²) < 4.78 is 5.93. The first-order valence-electron chi connectivity index (χ1n) is 8.58. The topological polar surface area (TPSA) is 50.4 Å². The standard InChI is InChI=1S/C20H24N2O2.ClH/c23-20(18-11-6-7-13-21-18)22-14-17-10-4-5-12-19(17)24-15-16-8-2-1-3-9-16;/h1-5,8-10,12,18,21H,6-7,11,13-15H2,(H,22,23);1H/t18-;/m1./s1. The van der Waals surface area contributed by atoms with Crippen LogP contribution in [0.1, 0.15) is 30.4 Å². The van der Waals surface area contributed by atoms with E-state index in [9.17, 15) is 4.79 Å². The molecule has 0 bridgehead atoms. The smallest absolute Gasteiger partial charge is 0.237 e. The maximum atomic E-state index is 12.2. The maximum Gasteiger partial charge on any atom is 0.237 e. The van der Waals surface area contributed by atoms with E-state index >= 15 is 0 Å². The first kappa shape index (κ1) is 19.3. The molecule has 1 aliphatic heterocycles. The number of amides is 1. The normalized spacial score (nSPS) is 16.6. The Kier molecular flexibility index (Phi) is 7.76. The molecule has 1 aliphatic rings. The van der Waals surface area contributed by atoms with Gasteiger partial charge in [0.1, 0.15) is 12.4 Å². The van der Waals surface area contributed by atoms with Gasteiger partial charge in [-0.2, -0.15) is 0 Å². The van der Waals surface area contributed by atoms with E-state index in [0.717, 1.165) is 42.7 Å². The van der Waals surface area contributed by atoms with Crippen LogP contribution in [0.2, 0.25) is 0 Å². The van der Waals surface area contributed by atoms with E-state index < -0.39 is 0 Å². The van der Waals surface area contributed by atoms with Crippen LogP contribution in [0.15, 0.2) is 54.6 Å². The minimum absolute atomic E-state index is 0. The summed E-state index contributed by atoms with van der Waals surface area (Å²) in [6, 6.07) is 17.9. The molecule has 2 aromatic rings. The molecule has 1 fully saturated rings. The lowest BCUT2D eigenvalue weighted by Crippen LogP contribution is -2.46. The van der Waals surface area contributed by atoms with Gasteiger partial charge in [0.15, 0.2) is 0 Å². The van der Waals surface area contributed by atoms with Gasteiger partial charge in [0.25, 0.3) is 0 Å². The summed E-state index contributed by atoms with van der Waals surface area (Å²) in [6.45, 7) is 1.94. The molecule has 5 heteroatoms. The van der Waals surface area contributed by atoms with Gasteiger partial charge < -0.3 is 15.4 Å². The number of piperidine rings is 1. The second-order valence-corrected chi connectivity index (χ2v) is 6.10. The van der Waals surface area contributed by atoms with Gasteiger partial charge in [-0.1, -0.05) is 55.0 Å². The van der Waals surface area contributed by atoms with Crippen LogP contribution in [0.3, 0.4) is 0 Å². The van der Waals surface area contributed by atoms with E-state index in [1.165, 1.54) is 0 Å². The van der Waals surface area contributed by atoms with Crippen molar-refractivity contribution < 1.29 is 9.53 Å². The number of carbonyl (C=O) groups excluding carboxylic acids is 1. The monoisotopic (exact) mass is 360 g/mol. The van der Waals surface area contributed by atoms with Crippen molar-refractivity contribution >= 4 is 18.3 Å². The first-order valence-corrected chi connectivity index (χ1v) is 8.58. The fourth-order valence-corrected chi connectivity index (χ4v) is 2.91. The largest absolute Gasteiger partial charge is 0.489 e. The van der Waals surface area contributed by atoms with E-state index in [1.54, 1.807) is 0 Å². The number of rotatable bonds is 6. The van der Waals surface area contributed by atoms with Crippen molar-refractivity contribution in [2.75, 3.05) is 6.54 Å². The lowest BCUT2D eigenvalue weighted by molar-refractivity contribution is -0.123. The number of hydrogen-bond donors (Lipinski definition) is 2. The van der Waals surface area contributed by atoms with E-state index in [2.05, 4.69) is 10.6 Å². The molecule has 3 rings (SSSR count). The van der Waals surface area contributed by atoms with Crippen molar-refractivity contribution in [1.82, 2.24) is 10.6 Å². The number of halogens is 1. The summed E-state index contributed by atoms with van der Waals surface area (Å²) in [5, 5.41) is 6.30. The molecule has 2 aromatic carbocycles. The molecule has 0 radical (unpaired) electrons. The van der Waals surface area contributed by atoms with Crippen LogP contribution in [0.5, 0.6) is 5.75 Å². The summed E-state index contributed by atoms with van der Waals surface area (Å²) in [4.78, 5) is 12.2. The fourth-order valence-electron chi connectivity index (χ4n) is 2.91. The molecule has 0 aromatic heterocycles. The van der Waals surface area contributed by atoms with Crippen molar-refractivity contribution in [2.45, 2.75) is 38.5 Å². The summed E-state index contributed by atoms with van der Waals surface area (Å²) in [5.74, 6) is 0.894. The van der Waals surface area contributed by atoms with Crippen LogP contribution in [-0.4, -0.2) is 18.5 Å². The molecule has 4 nitrogen and oxygen atoms in total. The molecule has 1 amide bonds. The van der Waals surface area contributed by atoms with Crippen LogP contribution < -0.4 is 15.4 Å². The van der Waals surface area contributed by atoms with Crippen LogP contribution in [0.25, 0.3) is 0 Å². The van der Waals surface area contributed by atoms with Crippen molar-refractivity contribution in [3.8, 4) is 5.75 Å². The Morgan fingerprint density at radius 1 is 1.08 bits per heavy atom. The van der Waals surface area contributed by atoms with Crippen molar-refractivity contribution in [3.05, 3.63) is 65.7 Å². The zero-order valence-electron chi connectivity index (χ0n) is 14.2. The Labute approximate surface area is 155 Å². The summed E-state index contributed by atoms with van der Waals surface area (Å²) in [5.41, 5.74) is 2.13. The number of para-hydroxylation sites is 1. The molecular weight excluding hydrogens is 336 g/mol. The van der Waals surface area contributed by atoms with Gasteiger partial charge in [0.2, 0.25) is 5.91 Å².